The molecule has 21 heavy (non-hydrogen) atoms. The molecule has 4 nitrogen and oxygen atoms in total. The quantitative estimate of drug-likeness (QED) is 0.799. The van der Waals surface area contributed by atoms with Crippen molar-refractivity contribution in [3.63, 3.8) is 0 Å². The van der Waals surface area contributed by atoms with E-state index >= 15 is 0 Å². The van der Waals surface area contributed by atoms with Gasteiger partial charge in [-0.2, -0.15) is 5.10 Å². The van der Waals surface area contributed by atoms with Crippen LogP contribution in [0.4, 0.5) is 0 Å². The summed E-state index contributed by atoms with van der Waals surface area (Å²) in [5.74, 6) is 1.29. The van der Waals surface area contributed by atoms with E-state index in [1.165, 1.54) is 0 Å². The predicted octanol–water partition coefficient (Wildman–Crippen LogP) is 3.05. The zero-order valence-corrected chi connectivity index (χ0v) is 12.5. The fourth-order valence-electron chi connectivity index (χ4n) is 2.45. The van der Waals surface area contributed by atoms with Crippen molar-refractivity contribution in [1.82, 2.24) is 14.8 Å². The molecule has 3 rings (SSSR count). The van der Waals surface area contributed by atoms with Gasteiger partial charge in [-0.3, -0.25) is 0 Å². The third kappa shape index (κ3) is 2.67. The Morgan fingerprint density at radius 2 is 2.00 bits per heavy atom. The number of nitrogens with two attached hydrogens (primary N) is 1. The lowest BCUT2D eigenvalue weighted by molar-refractivity contribution is 0.752. The van der Waals surface area contributed by atoms with Gasteiger partial charge in [-0.25, -0.2) is 9.67 Å². The van der Waals surface area contributed by atoms with E-state index in [1.807, 2.05) is 35.1 Å². The minimum Gasteiger partial charge on any atom is -0.330 e. The summed E-state index contributed by atoms with van der Waals surface area (Å²) in [5, 5.41) is 5.78. The zero-order chi connectivity index (χ0) is 14.8. The Labute approximate surface area is 124 Å². The maximum Gasteiger partial charge on any atom is 0.157 e. The first-order valence-corrected chi connectivity index (χ1v) is 7.33. The highest BCUT2D eigenvalue weighted by molar-refractivity contribution is 5.80. The molecule has 0 unspecified atom stereocenters. The second kappa shape index (κ2) is 5.66. The molecule has 0 aliphatic carbocycles. The SMILES string of the molecule is CC(C)c1ccn(-c2nc3ccccc3cc2CCN)n1. The van der Waals surface area contributed by atoms with Gasteiger partial charge in [0.05, 0.1) is 11.2 Å². The Hall–Kier alpha value is -2.20. The number of fused-ring (bicyclic) bond motifs is 1. The lowest BCUT2D eigenvalue weighted by Crippen LogP contribution is -2.09. The molecule has 2 aromatic heterocycles. The first-order chi connectivity index (χ1) is 10.2. The molecule has 2 heterocycles. The molecule has 0 amide bonds. The minimum absolute atomic E-state index is 0.407. The molecule has 0 aliphatic rings. The van der Waals surface area contributed by atoms with E-state index in [9.17, 15) is 0 Å². The van der Waals surface area contributed by atoms with Gasteiger partial charge in [-0.15, -0.1) is 0 Å². The van der Waals surface area contributed by atoms with Crippen LogP contribution in [0, 0.1) is 0 Å². The van der Waals surface area contributed by atoms with Gasteiger partial charge in [-0.05, 0) is 42.6 Å². The van der Waals surface area contributed by atoms with Gasteiger partial charge in [0.2, 0.25) is 0 Å². The van der Waals surface area contributed by atoms with Crippen LogP contribution in [0.5, 0.6) is 0 Å². The van der Waals surface area contributed by atoms with Crippen molar-refractivity contribution in [2.45, 2.75) is 26.2 Å². The van der Waals surface area contributed by atoms with Gasteiger partial charge in [0.15, 0.2) is 5.82 Å². The van der Waals surface area contributed by atoms with Gasteiger partial charge >= 0.3 is 0 Å². The average molecular weight is 280 g/mol. The van der Waals surface area contributed by atoms with Crippen LogP contribution < -0.4 is 5.73 Å². The van der Waals surface area contributed by atoms with Crippen LogP contribution in [0.2, 0.25) is 0 Å². The van der Waals surface area contributed by atoms with E-state index in [0.717, 1.165) is 34.4 Å². The molecular formula is C17H20N4. The molecular weight excluding hydrogens is 260 g/mol. The van der Waals surface area contributed by atoms with Crippen molar-refractivity contribution in [2.24, 2.45) is 5.73 Å². The average Bonchev–Trinajstić information content (AvgIpc) is 2.97. The first-order valence-electron chi connectivity index (χ1n) is 7.33. The van der Waals surface area contributed by atoms with Crippen LogP contribution in [0.1, 0.15) is 31.0 Å². The second-order valence-corrected chi connectivity index (χ2v) is 5.54. The molecule has 0 bridgehead atoms. The fraction of sp³-hybridized carbons (Fsp3) is 0.294. The van der Waals surface area contributed by atoms with Crippen molar-refractivity contribution in [3.8, 4) is 5.82 Å². The first kappa shape index (κ1) is 13.8. The smallest absolute Gasteiger partial charge is 0.157 e. The zero-order valence-electron chi connectivity index (χ0n) is 12.5. The molecule has 0 aliphatic heterocycles. The van der Waals surface area contributed by atoms with E-state index in [2.05, 4.69) is 31.1 Å². The topological polar surface area (TPSA) is 56.7 Å². The van der Waals surface area contributed by atoms with Gasteiger partial charge in [0.1, 0.15) is 0 Å². The molecule has 2 N–H and O–H groups in total. The van der Waals surface area contributed by atoms with E-state index < -0.39 is 0 Å². The van der Waals surface area contributed by atoms with Gasteiger partial charge in [0.25, 0.3) is 0 Å². The Morgan fingerprint density at radius 1 is 1.19 bits per heavy atom. The normalized spacial score (nSPS) is 11.4. The van der Waals surface area contributed by atoms with E-state index in [0.29, 0.717) is 12.5 Å². The van der Waals surface area contributed by atoms with Crippen molar-refractivity contribution >= 4 is 10.9 Å². The summed E-state index contributed by atoms with van der Waals surface area (Å²) >= 11 is 0. The predicted molar refractivity (Wildman–Crippen MR) is 85.7 cm³/mol. The van der Waals surface area contributed by atoms with E-state index in [-0.39, 0.29) is 0 Å². The number of hydrogen-bond acceptors (Lipinski definition) is 3. The van der Waals surface area contributed by atoms with Crippen LogP contribution in [0.25, 0.3) is 16.7 Å². The molecule has 0 atom stereocenters. The monoisotopic (exact) mass is 280 g/mol. The van der Waals surface area contributed by atoms with Crippen molar-refractivity contribution < 1.29 is 0 Å². The molecule has 4 heteroatoms. The summed E-state index contributed by atoms with van der Waals surface area (Å²) in [5.41, 5.74) is 8.94. The van der Waals surface area contributed by atoms with Gasteiger partial charge in [-0.1, -0.05) is 32.0 Å². The van der Waals surface area contributed by atoms with Crippen LogP contribution >= 0.6 is 0 Å². The van der Waals surface area contributed by atoms with Crippen molar-refractivity contribution in [3.05, 3.63) is 53.9 Å². The third-order valence-electron chi connectivity index (χ3n) is 3.61. The number of aromatic nitrogens is 3. The Balaban J connectivity index is 2.15. The van der Waals surface area contributed by atoms with Crippen LogP contribution in [-0.2, 0) is 6.42 Å². The maximum atomic E-state index is 5.75. The number of benzene rings is 1. The second-order valence-electron chi connectivity index (χ2n) is 5.54. The summed E-state index contributed by atoms with van der Waals surface area (Å²) in [6, 6.07) is 12.4. The van der Waals surface area contributed by atoms with Crippen LogP contribution in [0.15, 0.2) is 42.6 Å². The fourth-order valence-corrected chi connectivity index (χ4v) is 2.45. The van der Waals surface area contributed by atoms with E-state index in [1.54, 1.807) is 0 Å². The Morgan fingerprint density at radius 3 is 2.71 bits per heavy atom. The van der Waals surface area contributed by atoms with Crippen molar-refractivity contribution in [2.75, 3.05) is 6.54 Å². The largest absolute Gasteiger partial charge is 0.330 e. The lowest BCUT2D eigenvalue weighted by Gasteiger charge is -2.10. The number of hydrogen-bond donors (Lipinski definition) is 1. The van der Waals surface area contributed by atoms with Crippen LogP contribution in [0.3, 0.4) is 0 Å². The third-order valence-corrected chi connectivity index (χ3v) is 3.61. The lowest BCUT2D eigenvalue weighted by atomic mass is 10.1. The standard InChI is InChI=1S/C17H20N4/c1-12(2)15-8-10-21(20-15)17-14(7-9-18)11-13-5-3-4-6-16(13)19-17/h3-6,8,10-12H,7,9,18H2,1-2H3. The Bertz CT molecular complexity index is 758. The highest BCUT2D eigenvalue weighted by Crippen LogP contribution is 2.21. The minimum atomic E-state index is 0.407. The summed E-state index contributed by atoms with van der Waals surface area (Å²) in [6.07, 6.45) is 2.77. The summed E-state index contributed by atoms with van der Waals surface area (Å²) < 4.78 is 1.87. The molecule has 1 aromatic carbocycles. The summed E-state index contributed by atoms with van der Waals surface area (Å²) in [4.78, 5) is 4.78. The molecule has 0 fully saturated rings. The molecule has 108 valence electrons. The van der Waals surface area contributed by atoms with Crippen LogP contribution in [-0.4, -0.2) is 21.3 Å². The number of pyridine rings is 1. The number of para-hydroxylation sites is 1. The molecule has 0 radical (unpaired) electrons. The highest BCUT2D eigenvalue weighted by Gasteiger charge is 2.11. The molecule has 0 spiro atoms. The molecule has 3 aromatic rings. The number of nitrogens with zero attached hydrogens (tertiary/aromatic N) is 3. The highest BCUT2D eigenvalue weighted by atomic mass is 15.3. The van der Waals surface area contributed by atoms with Crippen molar-refractivity contribution in [1.29, 1.82) is 0 Å². The number of rotatable bonds is 4. The summed E-state index contributed by atoms with van der Waals surface area (Å²) in [7, 11) is 0. The van der Waals surface area contributed by atoms with Gasteiger partial charge in [0, 0.05) is 11.6 Å². The van der Waals surface area contributed by atoms with E-state index in [4.69, 9.17) is 10.7 Å². The molecule has 0 saturated heterocycles. The summed E-state index contributed by atoms with van der Waals surface area (Å²) in [6.45, 7) is 4.88. The maximum absolute atomic E-state index is 5.75. The van der Waals surface area contributed by atoms with Gasteiger partial charge < -0.3 is 5.73 Å². The Kier molecular flexibility index (Phi) is 3.71. The molecule has 0 saturated carbocycles.